The van der Waals surface area contributed by atoms with Crippen LogP contribution >= 0.6 is 15.9 Å². The van der Waals surface area contributed by atoms with Crippen LogP contribution in [0.5, 0.6) is 11.6 Å². The summed E-state index contributed by atoms with van der Waals surface area (Å²) in [5.41, 5.74) is 0.0439. The minimum atomic E-state index is -0.605. The van der Waals surface area contributed by atoms with Gasteiger partial charge < -0.3 is 4.74 Å². The second-order valence-corrected chi connectivity index (χ2v) is 4.44. The summed E-state index contributed by atoms with van der Waals surface area (Å²) in [5, 5.41) is 0. The molecule has 18 heavy (non-hydrogen) atoms. The molecule has 2 aromatic rings. The average molecular weight is 310 g/mol. The third-order valence-corrected chi connectivity index (χ3v) is 2.86. The normalized spacial score (nSPS) is 10.2. The lowest BCUT2D eigenvalue weighted by Crippen LogP contribution is -1.97. The lowest BCUT2D eigenvalue weighted by molar-refractivity contribution is 0.101. The van der Waals surface area contributed by atoms with Gasteiger partial charge in [0.05, 0.1) is 10.0 Å². The van der Waals surface area contributed by atoms with Gasteiger partial charge in [0.1, 0.15) is 11.6 Å². The van der Waals surface area contributed by atoms with Crippen molar-refractivity contribution in [3.63, 3.8) is 0 Å². The van der Waals surface area contributed by atoms with E-state index in [0.717, 1.165) is 6.07 Å². The van der Waals surface area contributed by atoms with Crippen molar-refractivity contribution in [2.45, 2.75) is 6.92 Å². The van der Waals surface area contributed by atoms with Crippen LogP contribution in [0.25, 0.3) is 0 Å². The Hall–Kier alpha value is -1.75. The first-order valence-corrected chi connectivity index (χ1v) is 5.96. The van der Waals surface area contributed by atoms with Crippen molar-refractivity contribution in [2.24, 2.45) is 0 Å². The Morgan fingerprint density at radius 2 is 2.17 bits per heavy atom. The summed E-state index contributed by atoms with van der Waals surface area (Å²) in [7, 11) is 0. The van der Waals surface area contributed by atoms with Crippen molar-refractivity contribution in [1.29, 1.82) is 0 Å². The molecule has 0 amide bonds. The fraction of sp³-hybridized carbons (Fsp3) is 0.0769. The number of hydrogen-bond acceptors (Lipinski definition) is 3. The van der Waals surface area contributed by atoms with Crippen LogP contribution < -0.4 is 4.74 Å². The van der Waals surface area contributed by atoms with E-state index in [2.05, 4.69) is 20.9 Å². The molecule has 0 saturated carbocycles. The topological polar surface area (TPSA) is 39.2 Å². The number of nitrogens with zero attached hydrogens (tertiary/aromatic N) is 1. The maximum Gasteiger partial charge on any atom is 0.233 e. The van der Waals surface area contributed by atoms with Crippen LogP contribution in [-0.2, 0) is 0 Å². The van der Waals surface area contributed by atoms with E-state index in [9.17, 15) is 9.18 Å². The number of benzene rings is 1. The number of carbonyl (C=O) groups excluding carboxylic acids is 1. The molecule has 92 valence electrons. The first-order chi connectivity index (χ1) is 8.58. The van der Waals surface area contributed by atoms with Gasteiger partial charge in [-0.25, -0.2) is 9.37 Å². The molecule has 1 heterocycles. The maximum absolute atomic E-state index is 13.6. The summed E-state index contributed by atoms with van der Waals surface area (Å²) in [6, 6.07) is 7.60. The second kappa shape index (κ2) is 5.27. The number of ether oxygens (including phenoxy) is 1. The summed E-state index contributed by atoms with van der Waals surface area (Å²) in [4.78, 5) is 15.1. The average Bonchev–Trinajstić information content (AvgIpc) is 2.32. The van der Waals surface area contributed by atoms with Crippen molar-refractivity contribution in [2.75, 3.05) is 0 Å². The fourth-order valence-corrected chi connectivity index (χ4v) is 1.74. The predicted octanol–water partition coefficient (Wildman–Crippen LogP) is 3.98. The minimum absolute atomic E-state index is 0.0439. The first kappa shape index (κ1) is 12.7. The number of rotatable bonds is 3. The minimum Gasteiger partial charge on any atom is -0.438 e. The molecule has 1 aromatic carbocycles. The monoisotopic (exact) mass is 309 g/mol. The van der Waals surface area contributed by atoms with E-state index in [4.69, 9.17) is 4.74 Å². The molecule has 0 radical (unpaired) electrons. The molecule has 0 spiro atoms. The molecule has 0 atom stereocenters. The van der Waals surface area contributed by atoms with Crippen LogP contribution in [-0.4, -0.2) is 10.8 Å². The fourth-order valence-electron chi connectivity index (χ4n) is 1.40. The van der Waals surface area contributed by atoms with Gasteiger partial charge in [-0.1, -0.05) is 0 Å². The van der Waals surface area contributed by atoms with Gasteiger partial charge in [0.25, 0.3) is 0 Å². The molecule has 0 bridgehead atoms. The van der Waals surface area contributed by atoms with Gasteiger partial charge in [-0.15, -0.1) is 0 Å². The van der Waals surface area contributed by atoms with Crippen molar-refractivity contribution in [3.8, 4) is 11.6 Å². The quantitative estimate of drug-likeness (QED) is 0.805. The Balaban J connectivity index is 2.29. The third kappa shape index (κ3) is 2.73. The Bertz CT molecular complexity index is 601. The molecule has 1 aromatic heterocycles. The second-order valence-electron chi connectivity index (χ2n) is 3.59. The van der Waals surface area contributed by atoms with Gasteiger partial charge in [-0.2, -0.15) is 0 Å². The number of halogens is 2. The molecule has 3 nitrogen and oxygen atoms in total. The van der Waals surface area contributed by atoms with E-state index in [-0.39, 0.29) is 17.1 Å². The Kier molecular flexibility index (Phi) is 3.72. The summed E-state index contributed by atoms with van der Waals surface area (Å²) < 4.78 is 19.7. The summed E-state index contributed by atoms with van der Waals surface area (Å²) >= 11 is 3.27. The molecule has 0 aliphatic rings. The Morgan fingerprint density at radius 1 is 1.39 bits per heavy atom. The first-order valence-electron chi connectivity index (χ1n) is 5.17. The molecule has 0 fully saturated rings. The van der Waals surface area contributed by atoms with Gasteiger partial charge >= 0.3 is 0 Å². The number of pyridine rings is 1. The van der Waals surface area contributed by atoms with Gasteiger partial charge in [0.15, 0.2) is 5.78 Å². The standard InChI is InChI=1S/C13H9BrFNO2/c1-8(17)10-5-4-9(7-12(10)15)18-13-11(14)3-2-6-16-13/h2-7H,1H3. The predicted molar refractivity (Wildman–Crippen MR) is 68.4 cm³/mol. The molecule has 0 aliphatic heterocycles. The smallest absolute Gasteiger partial charge is 0.233 e. The van der Waals surface area contributed by atoms with Crippen LogP contribution in [0, 0.1) is 5.82 Å². The van der Waals surface area contributed by atoms with Gasteiger partial charge in [0.2, 0.25) is 5.88 Å². The van der Waals surface area contributed by atoms with Gasteiger partial charge in [-0.3, -0.25) is 4.79 Å². The van der Waals surface area contributed by atoms with E-state index < -0.39 is 5.82 Å². The van der Waals surface area contributed by atoms with E-state index >= 15 is 0 Å². The highest BCUT2D eigenvalue weighted by Gasteiger charge is 2.10. The van der Waals surface area contributed by atoms with Gasteiger partial charge in [0, 0.05) is 12.3 Å². The van der Waals surface area contributed by atoms with Crippen LogP contribution in [0.4, 0.5) is 4.39 Å². The van der Waals surface area contributed by atoms with Crippen LogP contribution in [0.3, 0.4) is 0 Å². The van der Waals surface area contributed by atoms with Crippen LogP contribution in [0.2, 0.25) is 0 Å². The summed E-state index contributed by atoms with van der Waals surface area (Å²) in [6.45, 7) is 1.31. The van der Waals surface area contributed by atoms with Crippen molar-refractivity contribution >= 4 is 21.7 Å². The number of hydrogen-bond donors (Lipinski definition) is 0. The van der Waals surface area contributed by atoms with Crippen molar-refractivity contribution in [1.82, 2.24) is 4.98 Å². The van der Waals surface area contributed by atoms with E-state index in [1.165, 1.54) is 19.1 Å². The molecule has 5 heteroatoms. The van der Waals surface area contributed by atoms with E-state index in [1.807, 2.05) is 0 Å². The molecule has 0 aliphatic carbocycles. The third-order valence-electron chi connectivity index (χ3n) is 2.26. The van der Waals surface area contributed by atoms with E-state index in [1.54, 1.807) is 18.3 Å². The summed E-state index contributed by atoms with van der Waals surface area (Å²) in [6.07, 6.45) is 1.57. The molecule has 0 saturated heterocycles. The number of ketones is 1. The number of carbonyl (C=O) groups is 1. The molecule has 2 rings (SSSR count). The highest BCUT2D eigenvalue weighted by atomic mass is 79.9. The van der Waals surface area contributed by atoms with Gasteiger partial charge in [-0.05, 0) is 47.1 Å². The lowest BCUT2D eigenvalue weighted by Gasteiger charge is -2.07. The van der Waals surface area contributed by atoms with Crippen LogP contribution in [0.15, 0.2) is 41.0 Å². The molecular formula is C13H9BrFNO2. The number of Topliss-reactive ketones (excluding diaryl/α,β-unsaturated/α-hetero) is 1. The zero-order chi connectivity index (χ0) is 13.1. The Morgan fingerprint density at radius 3 is 2.78 bits per heavy atom. The maximum atomic E-state index is 13.6. The Labute approximate surface area is 112 Å². The molecule has 0 unspecified atom stereocenters. The zero-order valence-electron chi connectivity index (χ0n) is 9.48. The van der Waals surface area contributed by atoms with Crippen LogP contribution in [0.1, 0.15) is 17.3 Å². The lowest BCUT2D eigenvalue weighted by atomic mass is 10.1. The largest absolute Gasteiger partial charge is 0.438 e. The zero-order valence-corrected chi connectivity index (χ0v) is 11.1. The SMILES string of the molecule is CC(=O)c1ccc(Oc2ncccc2Br)cc1F. The number of aromatic nitrogens is 1. The molecule has 0 N–H and O–H groups in total. The highest BCUT2D eigenvalue weighted by Crippen LogP contribution is 2.27. The van der Waals surface area contributed by atoms with E-state index in [0.29, 0.717) is 10.4 Å². The highest BCUT2D eigenvalue weighted by molar-refractivity contribution is 9.10. The van der Waals surface area contributed by atoms with Crippen molar-refractivity contribution < 1.29 is 13.9 Å². The summed E-state index contributed by atoms with van der Waals surface area (Å²) in [5.74, 6) is -0.297. The van der Waals surface area contributed by atoms with Crippen molar-refractivity contribution in [3.05, 3.63) is 52.4 Å². The molecular weight excluding hydrogens is 301 g/mol.